The monoisotopic (exact) mass is 325 g/mol. The second kappa shape index (κ2) is 7.64. The van der Waals surface area contributed by atoms with Crippen molar-refractivity contribution in [2.45, 2.75) is 19.1 Å². The van der Waals surface area contributed by atoms with Crippen molar-refractivity contribution in [2.24, 2.45) is 5.92 Å². The molecule has 2 aromatic carbocycles. The number of amides is 1. The van der Waals surface area contributed by atoms with Crippen LogP contribution in [0, 0.1) is 5.92 Å². The Morgan fingerprint density at radius 2 is 1.71 bits per heavy atom. The largest absolute Gasteiger partial charge is 0.461 e. The zero-order chi connectivity index (χ0) is 16.8. The molecular formula is C19H19NO4. The summed E-state index contributed by atoms with van der Waals surface area (Å²) in [5.74, 6) is -0.818. The molecule has 5 nitrogen and oxygen atoms in total. The van der Waals surface area contributed by atoms with Crippen LogP contribution in [0.2, 0.25) is 0 Å². The highest BCUT2D eigenvalue weighted by molar-refractivity contribution is 5.77. The van der Waals surface area contributed by atoms with E-state index in [0.29, 0.717) is 6.42 Å². The van der Waals surface area contributed by atoms with Crippen molar-refractivity contribution in [3.63, 3.8) is 0 Å². The maximum atomic E-state index is 12.6. The van der Waals surface area contributed by atoms with E-state index < -0.39 is 12.0 Å². The van der Waals surface area contributed by atoms with Crippen molar-refractivity contribution in [1.29, 1.82) is 0 Å². The molecule has 0 bridgehead atoms. The van der Waals surface area contributed by atoms with Crippen molar-refractivity contribution in [2.75, 3.05) is 6.61 Å². The summed E-state index contributed by atoms with van der Waals surface area (Å²) in [5, 5.41) is 2.69. The lowest BCUT2D eigenvalue weighted by Gasteiger charge is -2.20. The van der Waals surface area contributed by atoms with Crippen LogP contribution in [-0.4, -0.2) is 24.7 Å². The highest BCUT2D eigenvalue weighted by Gasteiger charge is 2.36. The second-order valence-electron chi connectivity index (χ2n) is 5.74. The van der Waals surface area contributed by atoms with E-state index in [2.05, 4.69) is 5.32 Å². The van der Waals surface area contributed by atoms with Gasteiger partial charge in [0.15, 0.2) is 0 Å². The van der Waals surface area contributed by atoms with Gasteiger partial charge in [-0.15, -0.1) is 0 Å². The number of hydrogen-bond donors (Lipinski definition) is 1. The minimum Gasteiger partial charge on any atom is -0.461 e. The third-order valence-corrected chi connectivity index (χ3v) is 4.01. The highest BCUT2D eigenvalue weighted by Crippen LogP contribution is 2.19. The molecule has 0 spiro atoms. The van der Waals surface area contributed by atoms with Crippen LogP contribution in [0.1, 0.15) is 11.1 Å². The van der Waals surface area contributed by atoms with Crippen molar-refractivity contribution < 1.29 is 19.1 Å². The van der Waals surface area contributed by atoms with E-state index in [-0.39, 0.29) is 25.2 Å². The standard InChI is InChI=1S/C19H19NO4/c21-18(23-12-15-9-5-2-6-10-15)16(17-13-24-19(22)20-17)11-14-7-3-1-4-8-14/h1-10,16-17H,11-13H2,(H,20,22)/t16-,17-/m0/s1. The predicted molar refractivity (Wildman–Crippen MR) is 88.1 cm³/mol. The molecule has 1 N–H and O–H groups in total. The fourth-order valence-corrected chi connectivity index (χ4v) is 2.71. The molecule has 24 heavy (non-hydrogen) atoms. The van der Waals surface area contributed by atoms with Gasteiger partial charge in [-0.1, -0.05) is 60.7 Å². The summed E-state index contributed by atoms with van der Waals surface area (Å²) in [5.41, 5.74) is 1.94. The van der Waals surface area contributed by atoms with Crippen LogP contribution in [0.5, 0.6) is 0 Å². The highest BCUT2D eigenvalue weighted by atomic mass is 16.6. The first kappa shape index (κ1) is 16.1. The van der Waals surface area contributed by atoms with E-state index in [9.17, 15) is 9.59 Å². The normalized spacial score (nSPS) is 17.7. The summed E-state index contributed by atoms with van der Waals surface area (Å²) in [6.07, 6.45) is -0.00288. The summed E-state index contributed by atoms with van der Waals surface area (Å²) in [6.45, 7) is 0.392. The average molecular weight is 325 g/mol. The molecule has 2 atom stereocenters. The van der Waals surface area contributed by atoms with Crippen molar-refractivity contribution in [3.8, 4) is 0 Å². The first-order chi connectivity index (χ1) is 11.7. The van der Waals surface area contributed by atoms with Gasteiger partial charge in [0.1, 0.15) is 13.2 Å². The Kier molecular flexibility index (Phi) is 5.11. The van der Waals surface area contributed by atoms with E-state index in [0.717, 1.165) is 11.1 Å². The van der Waals surface area contributed by atoms with Gasteiger partial charge >= 0.3 is 12.1 Å². The first-order valence-corrected chi connectivity index (χ1v) is 7.90. The topological polar surface area (TPSA) is 64.6 Å². The van der Waals surface area contributed by atoms with Gasteiger partial charge in [0.05, 0.1) is 12.0 Å². The number of benzene rings is 2. The Bertz CT molecular complexity index is 687. The van der Waals surface area contributed by atoms with Crippen molar-refractivity contribution in [3.05, 3.63) is 71.8 Å². The predicted octanol–water partition coefficient (Wildman–Crippen LogP) is 2.70. The molecule has 1 fully saturated rings. The van der Waals surface area contributed by atoms with Crippen molar-refractivity contribution in [1.82, 2.24) is 5.32 Å². The van der Waals surface area contributed by atoms with Crippen LogP contribution in [0.15, 0.2) is 60.7 Å². The summed E-state index contributed by atoms with van der Waals surface area (Å²) in [7, 11) is 0. The SMILES string of the molecule is O=C1N[C@H]([C@H](Cc2ccccc2)C(=O)OCc2ccccc2)CO1. The molecule has 1 amide bonds. The van der Waals surface area contributed by atoms with Crippen LogP contribution in [-0.2, 0) is 27.3 Å². The Balaban J connectivity index is 1.68. The van der Waals surface area contributed by atoms with Crippen LogP contribution in [0.4, 0.5) is 4.79 Å². The molecule has 1 heterocycles. The Morgan fingerprint density at radius 1 is 1.08 bits per heavy atom. The van der Waals surface area contributed by atoms with Gasteiger partial charge in [-0.3, -0.25) is 4.79 Å². The van der Waals surface area contributed by atoms with Crippen LogP contribution < -0.4 is 5.32 Å². The average Bonchev–Trinajstić information content (AvgIpc) is 3.05. The lowest BCUT2D eigenvalue weighted by atomic mass is 9.93. The molecule has 5 heteroatoms. The second-order valence-corrected chi connectivity index (χ2v) is 5.74. The number of rotatable bonds is 6. The fourth-order valence-electron chi connectivity index (χ4n) is 2.71. The van der Waals surface area contributed by atoms with E-state index in [1.807, 2.05) is 60.7 Å². The number of carbonyl (C=O) groups is 2. The Morgan fingerprint density at radius 3 is 2.29 bits per heavy atom. The minimum absolute atomic E-state index is 0.177. The molecule has 0 saturated carbocycles. The molecule has 1 aliphatic heterocycles. The molecule has 0 radical (unpaired) electrons. The Labute approximate surface area is 140 Å². The quantitative estimate of drug-likeness (QED) is 0.830. The summed E-state index contributed by atoms with van der Waals surface area (Å²) in [4.78, 5) is 23.9. The zero-order valence-electron chi connectivity index (χ0n) is 13.2. The lowest BCUT2D eigenvalue weighted by molar-refractivity contribution is -0.150. The lowest BCUT2D eigenvalue weighted by Crippen LogP contribution is -2.40. The minimum atomic E-state index is -0.492. The van der Waals surface area contributed by atoms with Gasteiger partial charge in [-0.05, 0) is 17.5 Å². The smallest absolute Gasteiger partial charge is 0.407 e. The van der Waals surface area contributed by atoms with Gasteiger partial charge in [0, 0.05) is 0 Å². The molecular weight excluding hydrogens is 306 g/mol. The van der Waals surface area contributed by atoms with E-state index in [4.69, 9.17) is 9.47 Å². The maximum absolute atomic E-state index is 12.6. The van der Waals surface area contributed by atoms with Crippen LogP contribution >= 0.6 is 0 Å². The molecule has 3 rings (SSSR count). The molecule has 0 aromatic heterocycles. The van der Waals surface area contributed by atoms with Crippen LogP contribution in [0.3, 0.4) is 0 Å². The number of ether oxygens (including phenoxy) is 2. The van der Waals surface area contributed by atoms with Gasteiger partial charge in [-0.2, -0.15) is 0 Å². The third-order valence-electron chi connectivity index (χ3n) is 4.01. The zero-order valence-corrected chi connectivity index (χ0v) is 13.2. The number of cyclic esters (lactones) is 1. The fraction of sp³-hybridized carbons (Fsp3) is 0.263. The third kappa shape index (κ3) is 4.13. The van der Waals surface area contributed by atoms with E-state index in [1.165, 1.54) is 0 Å². The summed E-state index contributed by atoms with van der Waals surface area (Å²) >= 11 is 0. The van der Waals surface area contributed by atoms with Gasteiger partial charge in [0.25, 0.3) is 0 Å². The van der Waals surface area contributed by atoms with Gasteiger partial charge < -0.3 is 14.8 Å². The number of alkyl carbamates (subject to hydrolysis) is 1. The van der Waals surface area contributed by atoms with Crippen molar-refractivity contribution >= 4 is 12.1 Å². The molecule has 2 aromatic rings. The maximum Gasteiger partial charge on any atom is 0.407 e. The summed E-state index contributed by atoms with van der Waals surface area (Å²) < 4.78 is 10.4. The molecule has 1 saturated heterocycles. The first-order valence-electron chi connectivity index (χ1n) is 7.90. The number of esters is 1. The number of carbonyl (C=O) groups excluding carboxylic acids is 2. The van der Waals surface area contributed by atoms with Gasteiger partial charge in [-0.25, -0.2) is 4.79 Å². The van der Waals surface area contributed by atoms with E-state index >= 15 is 0 Å². The molecule has 1 aliphatic rings. The number of hydrogen-bond acceptors (Lipinski definition) is 4. The molecule has 0 unspecified atom stereocenters. The molecule has 124 valence electrons. The number of nitrogens with one attached hydrogen (secondary N) is 1. The van der Waals surface area contributed by atoms with E-state index in [1.54, 1.807) is 0 Å². The van der Waals surface area contributed by atoms with Gasteiger partial charge in [0.2, 0.25) is 0 Å². The Hall–Kier alpha value is -2.82. The molecule has 0 aliphatic carbocycles. The van der Waals surface area contributed by atoms with Crippen LogP contribution in [0.25, 0.3) is 0 Å². The summed E-state index contributed by atoms with van der Waals surface area (Å²) in [6, 6.07) is 18.8.